The molecule has 5 heteroatoms. The summed E-state index contributed by atoms with van der Waals surface area (Å²) in [6.07, 6.45) is 48.2. The second-order valence-corrected chi connectivity index (χ2v) is 13.5. The molecule has 280 valence electrons. The maximum atomic E-state index is 12.5. The van der Waals surface area contributed by atoms with E-state index < -0.39 is 6.16 Å². The van der Waals surface area contributed by atoms with Crippen LogP contribution in [-0.2, 0) is 9.47 Å². The van der Waals surface area contributed by atoms with Crippen LogP contribution in [0.2, 0.25) is 0 Å². The predicted molar refractivity (Wildman–Crippen MR) is 206 cm³/mol. The average molecular weight is 675 g/mol. The van der Waals surface area contributed by atoms with Crippen LogP contribution >= 0.6 is 0 Å². The maximum absolute atomic E-state index is 12.5. The number of ether oxygens (including phenoxy) is 2. The number of carbonyl (C=O) groups is 1. The van der Waals surface area contributed by atoms with Crippen molar-refractivity contribution in [1.82, 2.24) is 0 Å². The Hall–Kier alpha value is -1.85. The monoisotopic (exact) mass is 675 g/mol. The van der Waals surface area contributed by atoms with E-state index in [-0.39, 0.29) is 25.4 Å². The highest BCUT2D eigenvalue weighted by molar-refractivity contribution is 5.60. The summed E-state index contributed by atoms with van der Waals surface area (Å²) in [7, 11) is 0. The number of hydrogen-bond acceptors (Lipinski definition) is 5. The Bertz CT molecular complexity index is 709. The third-order valence-electron chi connectivity index (χ3n) is 8.88. The quantitative estimate of drug-likeness (QED) is 0.0393. The van der Waals surface area contributed by atoms with E-state index in [2.05, 4.69) is 62.5 Å². The van der Waals surface area contributed by atoms with E-state index in [1.165, 1.54) is 103 Å². The number of rotatable bonds is 36. The molecule has 0 saturated carbocycles. The average Bonchev–Trinajstić information content (AvgIpc) is 3.08. The summed E-state index contributed by atoms with van der Waals surface area (Å²) in [5.74, 6) is 0. The van der Waals surface area contributed by atoms with E-state index in [0.29, 0.717) is 12.8 Å². The van der Waals surface area contributed by atoms with Gasteiger partial charge in [-0.15, -0.1) is 0 Å². The highest BCUT2D eigenvalue weighted by Gasteiger charge is 2.19. The van der Waals surface area contributed by atoms with E-state index in [1.54, 1.807) is 0 Å². The number of hydrogen-bond donors (Lipinski definition) is 2. The number of allylic oxidation sites excluding steroid dienone is 8. The van der Waals surface area contributed by atoms with Crippen LogP contribution in [0.4, 0.5) is 4.79 Å². The van der Waals surface area contributed by atoms with Crippen molar-refractivity contribution in [3.05, 3.63) is 48.6 Å². The minimum absolute atomic E-state index is 0.00694. The first kappa shape index (κ1) is 46.1. The molecule has 0 spiro atoms. The molecule has 0 saturated heterocycles. The van der Waals surface area contributed by atoms with E-state index in [4.69, 9.17) is 9.47 Å². The fourth-order valence-corrected chi connectivity index (χ4v) is 5.83. The minimum Gasteiger partial charge on any atom is -0.431 e. The topological polar surface area (TPSA) is 76.0 Å². The fraction of sp³-hybridized carbons (Fsp3) is 0.791. The van der Waals surface area contributed by atoms with Crippen molar-refractivity contribution >= 4 is 6.16 Å². The van der Waals surface area contributed by atoms with Gasteiger partial charge < -0.3 is 19.7 Å². The lowest BCUT2D eigenvalue weighted by atomic mass is 10.0. The molecule has 0 fully saturated rings. The van der Waals surface area contributed by atoms with Gasteiger partial charge in [-0.05, 0) is 89.9 Å². The second-order valence-electron chi connectivity index (χ2n) is 13.5. The zero-order valence-corrected chi connectivity index (χ0v) is 31.6. The van der Waals surface area contributed by atoms with Crippen LogP contribution < -0.4 is 0 Å². The molecular formula is C43H78O5. The summed E-state index contributed by atoms with van der Waals surface area (Å²) in [4.78, 5) is 12.5. The van der Waals surface area contributed by atoms with Crippen molar-refractivity contribution in [2.24, 2.45) is 0 Å². The van der Waals surface area contributed by atoms with Crippen LogP contribution in [0.15, 0.2) is 48.6 Å². The standard InChI is InChI=1S/C43H78O5/c1-3-5-7-9-11-13-15-17-19-21-23-25-27-29-31-33-35-41(37-39-44)47-43(46)48-42(38-40-45)36-34-32-30-28-26-24-22-20-18-16-14-12-10-8-6-4-2/h11-14,17-20,41-42,44-45H,3-10,15-16,21-40H2,1-2H3/b13-11-,14-12-,19-17-,20-18-. The van der Waals surface area contributed by atoms with Crippen molar-refractivity contribution < 1.29 is 24.5 Å². The molecule has 48 heavy (non-hydrogen) atoms. The Morgan fingerprint density at radius 1 is 0.438 bits per heavy atom. The van der Waals surface area contributed by atoms with Crippen LogP contribution in [0.25, 0.3) is 0 Å². The first-order chi connectivity index (χ1) is 23.7. The summed E-state index contributed by atoms with van der Waals surface area (Å²) in [6.45, 7) is 4.47. The normalized spacial score (nSPS) is 13.4. The smallest absolute Gasteiger partial charge is 0.431 e. The lowest BCUT2D eigenvalue weighted by molar-refractivity contribution is -0.0175. The fourth-order valence-electron chi connectivity index (χ4n) is 5.83. The van der Waals surface area contributed by atoms with Gasteiger partial charge in [-0.25, -0.2) is 4.79 Å². The number of aliphatic hydroxyl groups excluding tert-OH is 2. The van der Waals surface area contributed by atoms with Gasteiger partial charge in [0.05, 0.1) is 0 Å². The van der Waals surface area contributed by atoms with E-state index in [0.717, 1.165) is 64.2 Å². The molecule has 0 bridgehead atoms. The highest BCUT2D eigenvalue weighted by atomic mass is 16.7. The van der Waals surface area contributed by atoms with Crippen LogP contribution in [0, 0.1) is 0 Å². The molecule has 0 aliphatic rings. The molecule has 2 unspecified atom stereocenters. The molecular weight excluding hydrogens is 596 g/mol. The van der Waals surface area contributed by atoms with Gasteiger partial charge in [0.2, 0.25) is 0 Å². The van der Waals surface area contributed by atoms with Crippen molar-refractivity contribution in [2.45, 2.75) is 206 Å². The van der Waals surface area contributed by atoms with Gasteiger partial charge in [-0.1, -0.05) is 140 Å². The Labute approximate surface area is 297 Å². The third kappa shape index (κ3) is 35.5. The van der Waals surface area contributed by atoms with E-state index in [1.807, 2.05) is 0 Å². The molecule has 5 nitrogen and oxygen atoms in total. The van der Waals surface area contributed by atoms with Crippen molar-refractivity contribution in [2.75, 3.05) is 13.2 Å². The summed E-state index contributed by atoms with van der Waals surface area (Å²) in [5, 5.41) is 19.0. The maximum Gasteiger partial charge on any atom is 0.508 e. The second kappa shape index (κ2) is 39.6. The van der Waals surface area contributed by atoms with Gasteiger partial charge >= 0.3 is 6.16 Å². The summed E-state index contributed by atoms with van der Waals surface area (Å²) >= 11 is 0. The minimum atomic E-state index is -0.660. The van der Waals surface area contributed by atoms with Gasteiger partial charge in [0.15, 0.2) is 0 Å². The zero-order valence-electron chi connectivity index (χ0n) is 31.6. The Morgan fingerprint density at radius 2 is 0.750 bits per heavy atom. The predicted octanol–water partition coefficient (Wildman–Crippen LogP) is 13.0. The molecule has 0 aliphatic carbocycles. The Kier molecular flexibility index (Phi) is 38.1. The Morgan fingerprint density at radius 3 is 1.08 bits per heavy atom. The zero-order chi connectivity index (χ0) is 35.0. The third-order valence-corrected chi connectivity index (χ3v) is 8.88. The first-order valence-corrected chi connectivity index (χ1v) is 20.4. The largest absolute Gasteiger partial charge is 0.508 e. The molecule has 0 aromatic rings. The number of unbranched alkanes of at least 4 members (excludes halogenated alkanes) is 18. The molecule has 0 aliphatic heterocycles. The molecule has 0 rings (SSSR count). The summed E-state index contributed by atoms with van der Waals surface area (Å²) < 4.78 is 11.2. The number of carbonyl (C=O) groups excluding carboxylic acids is 1. The van der Waals surface area contributed by atoms with E-state index in [9.17, 15) is 15.0 Å². The molecule has 2 N–H and O–H groups in total. The van der Waals surface area contributed by atoms with Crippen LogP contribution in [-0.4, -0.2) is 41.8 Å². The first-order valence-electron chi connectivity index (χ1n) is 20.4. The molecule has 0 amide bonds. The molecule has 0 heterocycles. The van der Waals surface area contributed by atoms with Gasteiger partial charge in [0.1, 0.15) is 12.2 Å². The van der Waals surface area contributed by atoms with Crippen molar-refractivity contribution in [1.29, 1.82) is 0 Å². The molecule has 0 radical (unpaired) electrons. The molecule has 0 aromatic heterocycles. The van der Waals surface area contributed by atoms with E-state index >= 15 is 0 Å². The van der Waals surface area contributed by atoms with Crippen LogP contribution in [0.5, 0.6) is 0 Å². The molecule has 2 atom stereocenters. The van der Waals surface area contributed by atoms with Gasteiger partial charge in [0, 0.05) is 26.1 Å². The van der Waals surface area contributed by atoms with Gasteiger partial charge in [-0.3, -0.25) is 0 Å². The van der Waals surface area contributed by atoms with Crippen molar-refractivity contribution in [3.8, 4) is 0 Å². The van der Waals surface area contributed by atoms with Crippen LogP contribution in [0.1, 0.15) is 194 Å². The number of aliphatic hydroxyl groups is 2. The van der Waals surface area contributed by atoms with Gasteiger partial charge in [0.25, 0.3) is 0 Å². The van der Waals surface area contributed by atoms with Gasteiger partial charge in [-0.2, -0.15) is 0 Å². The SMILES string of the molecule is CCCCC/C=C\C/C=C\CCCCCCCCC(CCO)OC(=O)OC(CCO)CCCCCCCC/C=C\C/C=C\CCCCC. The summed E-state index contributed by atoms with van der Waals surface area (Å²) in [6, 6.07) is 0. The highest BCUT2D eigenvalue weighted by Crippen LogP contribution is 2.17. The van der Waals surface area contributed by atoms with Crippen LogP contribution in [0.3, 0.4) is 0 Å². The Balaban J connectivity index is 3.93. The lowest BCUT2D eigenvalue weighted by Crippen LogP contribution is -2.25. The lowest BCUT2D eigenvalue weighted by Gasteiger charge is -2.20. The molecule has 0 aromatic carbocycles. The van der Waals surface area contributed by atoms with Crippen molar-refractivity contribution in [3.63, 3.8) is 0 Å². The summed E-state index contributed by atoms with van der Waals surface area (Å²) in [5.41, 5.74) is 0.